The van der Waals surface area contributed by atoms with Gasteiger partial charge in [0.2, 0.25) is 11.8 Å². The molecule has 1 atom stereocenters. The number of amides is 2. The van der Waals surface area contributed by atoms with E-state index in [4.69, 9.17) is 5.73 Å². The number of rotatable bonds is 7. The Balaban J connectivity index is 2.20. The molecule has 0 aliphatic heterocycles. The van der Waals surface area contributed by atoms with Crippen LogP contribution in [-0.2, 0) is 9.59 Å². The SMILES string of the molecule is CC(NC(=O)CC1CCCCC1)C(=O)NCCCN. The van der Waals surface area contributed by atoms with Crippen LogP contribution in [0.2, 0.25) is 0 Å². The average Bonchev–Trinajstić information content (AvgIpc) is 2.39. The molecule has 19 heavy (non-hydrogen) atoms. The van der Waals surface area contributed by atoms with Gasteiger partial charge in [-0.15, -0.1) is 0 Å². The average molecular weight is 269 g/mol. The maximum absolute atomic E-state index is 11.8. The number of hydrogen-bond donors (Lipinski definition) is 3. The van der Waals surface area contributed by atoms with Crippen molar-refractivity contribution >= 4 is 11.8 Å². The summed E-state index contributed by atoms with van der Waals surface area (Å²) in [5.41, 5.74) is 5.35. The number of carbonyl (C=O) groups is 2. The Morgan fingerprint density at radius 2 is 1.95 bits per heavy atom. The molecule has 5 nitrogen and oxygen atoms in total. The minimum atomic E-state index is -0.464. The van der Waals surface area contributed by atoms with Crippen molar-refractivity contribution in [1.82, 2.24) is 10.6 Å². The van der Waals surface area contributed by atoms with Crippen molar-refractivity contribution in [1.29, 1.82) is 0 Å². The van der Waals surface area contributed by atoms with Gasteiger partial charge in [-0.3, -0.25) is 9.59 Å². The Morgan fingerprint density at radius 1 is 1.26 bits per heavy atom. The van der Waals surface area contributed by atoms with E-state index >= 15 is 0 Å². The van der Waals surface area contributed by atoms with Crippen LogP contribution in [0.5, 0.6) is 0 Å². The van der Waals surface area contributed by atoms with Crippen LogP contribution in [0.4, 0.5) is 0 Å². The standard InChI is InChI=1S/C14H27N3O2/c1-11(14(19)16-9-5-8-15)17-13(18)10-12-6-3-2-4-7-12/h11-12H,2-10,15H2,1H3,(H,16,19)(H,17,18). The molecule has 110 valence electrons. The molecule has 0 aromatic rings. The third kappa shape index (κ3) is 6.57. The van der Waals surface area contributed by atoms with E-state index in [0.29, 0.717) is 25.4 Å². The monoisotopic (exact) mass is 269 g/mol. The van der Waals surface area contributed by atoms with Gasteiger partial charge in [-0.1, -0.05) is 19.3 Å². The second-order valence-corrected chi connectivity index (χ2v) is 5.43. The first-order valence-electron chi connectivity index (χ1n) is 7.40. The molecule has 0 bridgehead atoms. The maximum Gasteiger partial charge on any atom is 0.242 e. The molecule has 2 amide bonds. The summed E-state index contributed by atoms with van der Waals surface area (Å²) in [6.07, 6.45) is 7.35. The molecule has 4 N–H and O–H groups in total. The summed E-state index contributed by atoms with van der Waals surface area (Å²) in [5.74, 6) is 0.361. The summed E-state index contributed by atoms with van der Waals surface area (Å²) in [4.78, 5) is 23.5. The second kappa shape index (κ2) is 8.91. The van der Waals surface area contributed by atoms with Crippen molar-refractivity contribution in [3.63, 3.8) is 0 Å². The lowest BCUT2D eigenvalue weighted by Crippen LogP contribution is -2.45. The topological polar surface area (TPSA) is 84.2 Å². The molecule has 0 heterocycles. The van der Waals surface area contributed by atoms with Crippen LogP contribution in [-0.4, -0.2) is 30.9 Å². The van der Waals surface area contributed by atoms with Gasteiger partial charge in [0.05, 0.1) is 0 Å². The molecule has 1 rings (SSSR count). The van der Waals surface area contributed by atoms with Gasteiger partial charge in [0.1, 0.15) is 6.04 Å². The molecule has 1 fully saturated rings. The predicted molar refractivity (Wildman–Crippen MR) is 75.5 cm³/mol. The summed E-state index contributed by atoms with van der Waals surface area (Å²) in [6.45, 7) is 2.84. The second-order valence-electron chi connectivity index (χ2n) is 5.43. The van der Waals surface area contributed by atoms with E-state index in [1.807, 2.05) is 0 Å². The molecule has 1 saturated carbocycles. The largest absolute Gasteiger partial charge is 0.354 e. The molecule has 0 radical (unpaired) electrons. The van der Waals surface area contributed by atoms with E-state index in [2.05, 4.69) is 10.6 Å². The van der Waals surface area contributed by atoms with Crippen LogP contribution in [0.3, 0.4) is 0 Å². The zero-order chi connectivity index (χ0) is 14.1. The first-order valence-corrected chi connectivity index (χ1v) is 7.40. The van der Waals surface area contributed by atoms with E-state index in [9.17, 15) is 9.59 Å². The number of hydrogen-bond acceptors (Lipinski definition) is 3. The summed E-state index contributed by atoms with van der Waals surface area (Å²) < 4.78 is 0. The Bertz CT molecular complexity index is 288. The summed E-state index contributed by atoms with van der Waals surface area (Å²) in [5, 5.41) is 5.53. The van der Waals surface area contributed by atoms with Gasteiger partial charge in [0, 0.05) is 13.0 Å². The molecule has 1 aliphatic carbocycles. The zero-order valence-electron chi connectivity index (χ0n) is 11.9. The minimum Gasteiger partial charge on any atom is -0.354 e. The maximum atomic E-state index is 11.8. The Hall–Kier alpha value is -1.10. The summed E-state index contributed by atoms with van der Waals surface area (Å²) in [7, 11) is 0. The molecule has 1 unspecified atom stereocenters. The summed E-state index contributed by atoms with van der Waals surface area (Å²) in [6, 6.07) is -0.464. The van der Waals surface area contributed by atoms with Crippen LogP contribution in [0, 0.1) is 5.92 Å². The molecule has 0 saturated heterocycles. The highest BCUT2D eigenvalue weighted by atomic mass is 16.2. The smallest absolute Gasteiger partial charge is 0.242 e. The molecule has 1 aliphatic rings. The van der Waals surface area contributed by atoms with E-state index in [-0.39, 0.29) is 11.8 Å². The van der Waals surface area contributed by atoms with Crippen molar-refractivity contribution in [2.24, 2.45) is 11.7 Å². The molecule has 0 spiro atoms. The van der Waals surface area contributed by atoms with Gasteiger partial charge in [0.15, 0.2) is 0 Å². The minimum absolute atomic E-state index is 0.00613. The molecule has 5 heteroatoms. The highest BCUT2D eigenvalue weighted by Gasteiger charge is 2.20. The van der Waals surface area contributed by atoms with Crippen molar-refractivity contribution in [3.8, 4) is 0 Å². The first-order chi connectivity index (χ1) is 9.13. The van der Waals surface area contributed by atoms with E-state index in [0.717, 1.165) is 19.3 Å². The fourth-order valence-electron chi connectivity index (χ4n) is 2.49. The quantitative estimate of drug-likeness (QED) is 0.601. The van der Waals surface area contributed by atoms with Crippen LogP contribution in [0.25, 0.3) is 0 Å². The lowest BCUT2D eigenvalue weighted by Gasteiger charge is -2.22. The van der Waals surface area contributed by atoms with E-state index in [1.54, 1.807) is 6.92 Å². The normalized spacial score (nSPS) is 17.8. The van der Waals surface area contributed by atoms with Crippen molar-refractivity contribution in [2.75, 3.05) is 13.1 Å². The highest BCUT2D eigenvalue weighted by Crippen LogP contribution is 2.26. The zero-order valence-corrected chi connectivity index (χ0v) is 11.9. The summed E-state index contributed by atoms with van der Waals surface area (Å²) >= 11 is 0. The number of carbonyl (C=O) groups excluding carboxylic acids is 2. The van der Waals surface area contributed by atoms with Gasteiger partial charge in [-0.2, -0.15) is 0 Å². The van der Waals surface area contributed by atoms with Gasteiger partial charge >= 0.3 is 0 Å². The van der Waals surface area contributed by atoms with Crippen LogP contribution < -0.4 is 16.4 Å². The Morgan fingerprint density at radius 3 is 2.58 bits per heavy atom. The highest BCUT2D eigenvalue weighted by molar-refractivity contribution is 5.87. The van der Waals surface area contributed by atoms with Gasteiger partial charge in [-0.25, -0.2) is 0 Å². The number of nitrogens with two attached hydrogens (primary N) is 1. The number of nitrogens with one attached hydrogen (secondary N) is 2. The van der Waals surface area contributed by atoms with Crippen molar-refractivity contribution in [2.45, 2.75) is 57.9 Å². The Labute approximate surface area is 115 Å². The van der Waals surface area contributed by atoms with Crippen molar-refractivity contribution in [3.05, 3.63) is 0 Å². The van der Waals surface area contributed by atoms with Gasteiger partial charge in [-0.05, 0) is 38.6 Å². The van der Waals surface area contributed by atoms with E-state index in [1.165, 1.54) is 19.3 Å². The lowest BCUT2D eigenvalue weighted by molar-refractivity contribution is -0.129. The van der Waals surface area contributed by atoms with Crippen LogP contribution >= 0.6 is 0 Å². The fraction of sp³-hybridized carbons (Fsp3) is 0.857. The van der Waals surface area contributed by atoms with Crippen LogP contribution in [0.1, 0.15) is 51.9 Å². The van der Waals surface area contributed by atoms with Crippen LogP contribution in [0.15, 0.2) is 0 Å². The lowest BCUT2D eigenvalue weighted by atomic mass is 9.87. The van der Waals surface area contributed by atoms with Gasteiger partial charge < -0.3 is 16.4 Å². The third-order valence-corrected chi connectivity index (χ3v) is 3.65. The molecular formula is C14H27N3O2. The van der Waals surface area contributed by atoms with Crippen molar-refractivity contribution < 1.29 is 9.59 Å². The molecule has 0 aromatic heterocycles. The third-order valence-electron chi connectivity index (χ3n) is 3.65. The first kappa shape index (κ1) is 16.0. The Kier molecular flexibility index (Phi) is 7.48. The fourth-order valence-corrected chi connectivity index (χ4v) is 2.49. The molecular weight excluding hydrogens is 242 g/mol. The van der Waals surface area contributed by atoms with E-state index < -0.39 is 6.04 Å². The molecule has 0 aromatic carbocycles. The predicted octanol–water partition coefficient (Wildman–Crippen LogP) is 0.927. The van der Waals surface area contributed by atoms with Gasteiger partial charge in [0.25, 0.3) is 0 Å².